The van der Waals surface area contributed by atoms with Gasteiger partial charge in [-0.3, -0.25) is 4.79 Å². The van der Waals surface area contributed by atoms with Crippen molar-refractivity contribution in [3.63, 3.8) is 0 Å². The van der Waals surface area contributed by atoms with Crippen LogP contribution in [-0.2, 0) is 21.1 Å². The van der Waals surface area contributed by atoms with Crippen LogP contribution < -0.4 is 0 Å². The van der Waals surface area contributed by atoms with Gasteiger partial charge in [-0.15, -0.1) is 0 Å². The van der Waals surface area contributed by atoms with E-state index in [-0.39, 0.29) is 16.9 Å². The molecule has 2 aromatic rings. The number of alkyl halides is 3. The highest BCUT2D eigenvalue weighted by Gasteiger charge is 2.48. The monoisotopic (exact) mass is 506 g/mol. The number of halogens is 4. The first kappa shape index (κ1) is 25.1. The van der Waals surface area contributed by atoms with Crippen LogP contribution in [0.2, 0.25) is 5.02 Å². The Hall–Kier alpha value is -3.00. The number of likely N-dealkylation sites (tertiary alicyclic amines) is 1. The summed E-state index contributed by atoms with van der Waals surface area (Å²) in [5.74, 6) is -0.343. The van der Waals surface area contributed by atoms with Crippen molar-refractivity contribution in [1.29, 1.82) is 0 Å². The molecule has 1 unspecified atom stereocenters. The van der Waals surface area contributed by atoms with Gasteiger partial charge in [0.1, 0.15) is 6.10 Å². The Morgan fingerprint density at radius 2 is 1.80 bits per heavy atom. The summed E-state index contributed by atoms with van der Waals surface area (Å²) in [5.41, 5.74) is 0.672. The van der Waals surface area contributed by atoms with E-state index in [0.717, 1.165) is 17.2 Å². The molecule has 0 aromatic heterocycles. The molecule has 1 saturated heterocycles. The Morgan fingerprint density at radius 3 is 2.46 bits per heavy atom. The van der Waals surface area contributed by atoms with Crippen LogP contribution in [0.3, 0.4) is 0 Å². The lowest BCUT2D eigenvalue weighted by molar-refractivity contribution is -0.137. The highest BCUT2D eigenvalue weighted by molar-refractivity contribution is 6.31. The van der Waals surface area contributed by atoms with Crippen molar-refractivity contribution in [3.05, 3.63) is 75.8 Å². The average molecular weight is 507 g/mol. The lowest BCUT2D eigenvalue weighted by Crippen LogP contribution is -2.44. The van der Waals surface area contributed by atoms with Gasteiger partial charge >= 0.3 is 12.3 Å². The minimum absolute atomic E-state index is 0.0520. The molecule has 1 aliphatic heterocycles. The second-order valence-corrected chi connectivity index (χ2v) is 9.61. The van der Waals surface area contributed by atoms with Gasteiger partial charge in [-0.05, 0) is 54.2 Å². The van der Waals surface area contributed by atoms with Crippen LogP contribution in [0.4, 0.5) is 18.0 Å². The van der Waals surface area contributed by atoms with Gasteiger partial charge in [0.25, 0.3) is 0 Å². The van der Waals surface area contributed by atoms with Gasteiger partial charge in [-0.2, -0.15) is 13.2 Å². The number of carbonyl (C=O) groups is 2. The average Bonchev–Trinajstić information content (AvgIpc) is 3.11. The van der Waals surface area contributed by atoms with Crippen molar-refractivity contribution in [3.8, 4) is 0 Å². The molecule has 1 aliphatic carbocycles. The summed E-state index contributed by atoms with van der Waals surface area (Å²) in [5, 5.41) is 0.606. The molecule has 1 spiro atoms. The minimum atomic E-state index is -4.50. The van der Waals surface area contributed by atoms with Crippen LogP contribution in [0, 0.1) is 0 Å². The highest BCUT2D eigenvalue weighted by Crippen LogP contribution is 2.54. The Labute approximate surface area is 207 Å². The van der Waals surface area contributed by atoms with Gasteiger partial charge < -0.3 is 14.5 Å². The first-order valence-corrected chi connectivity index (χ1v) is 11.7. The molecule has 2 amide bonds. The normalized spacial score (nSPS) is 19.1. The number of rotatable bonds is 3. The predicted molar refractivity (Wildman–Crippen MR) is 127 cm³/mol. The zero-order valence-corrected chi connectivity index (χ0v) is 20.2. The third-order valence-electron chi connectivity index (χ3n) is 6.81. The molecule has 0 saturated carbocycles. The van der Waals surface area contributed by atoms with Crippen LogP contribution in [-0.4, -0.2) is 49.0 Å². The fourth-order valence-corrected chi connectivity index (χ4v) is 5.43. The number of amides is 2. The smallest absolute Gasteiger partial charge is 0.416 e. The molecule has 1 fully saturated rings. The standard InChI is InChI=1S/C26H26ClF3N2O3/c1-31(2)24(34)35-21-16-25(23-18(21)7-5-9-20(23)27)12-14-32(15-13-25)22(33)11-10-17-6-3-4-8-19(17)26(28,29)30/h3-11,21H,12-16H2,1-2H3/b11-10+. The quantitative estimate of drug-likeness (QED) is 0.474. The van der Waals surface area contributed by atoms with E-state index in [1.165, 1.54) is 35.3 Å². The molecule has 0 N–H and O–H groups in total. The molecule has 2 aromatic carbocycles. The topological polar surface area (TPSA) is 49.9 Å². The second-order valence-electron chi connectivity index (χ2n) is 9.20. The zero-order chi connectivity index (χ0) is 25.4. The molecule has 2 aliphatic rings. The van der Waals surface area contributed by atoms with Gasteiger partial charge in [0.15, 0.2) is 0 Å². The number of benzene rings is 2. The molecule has 0 bridgehead atoms. The van der Waals surface area contributed by atoms with Crippen molar-refractivity contribution in [2.45, 2.75) is 37.0 Å². The summed E-state index contributed by atoms with van der Waals surface area (Å²) in [6, 6.07) is 10.7. The largest absolute Gasteiger partial charge is 0.441 e. The molecule has 4 rings (SSSR count). The Morgan fingerprint density at radius 1 is 1.11 bits per heavy atom. The van der Waals surface area contributed by atoms with E-state index in [1.807, 2.05) is 18.2 Å². The minimum Gasteiger partial charge on any atom is -0.441 e. The van der Waals surface area contributed by atoms with E-state index in [0.29, 0.717) is 37.4 Å². The number of nitrogens with zero attached hydrogens (tertiary/aromatic N) is 2. The Balaban J connectivity index is 1.49. The van der Waals surface area contributed by atoms with E-state index >= 15 is 0 Å². The lowest BCUT2D eigenvalue weighted by atomic mass is 9.73. The Kier molecular flexibility index (Phi) is 6.86. The summed E-state index contributed by atoms with van der Waals surface area (Å²) >= 11 is 6.59. The zero-order valence-electron chi connectivity index (χ0n) is 19.4. The predicted octanol–water partition coefficient (Wildman–Crippen LogP) is 6.08. The Bertz CT molecular complexity index is 1150. The van der Waals surface area contributed by atoms with Crippen molar-refractivity contribution >= 4 is 29.7 Å². The first-order chi connectivity index (χ1) is 16.5. The summed E-state index contributed by atoms with van der Waals surface area (Å²) in [6.45, 7) is 0.839. The maximum atomic E-state index is 13.2. The van der Waals surface area contributed by atoms with Gasteiger partial charge in [0.2, 0.25) is 5.91 Å². The maximum absolute atomic E-state index is 13.2. The maximum Gasteiger partial charge on any atom is 0.416 e. The van der Waals surface area contributed by atoms with E-state index < -0.39 is 23.9 Å². The fourth-order valence-electron chi connectivity index (χ4n) is 5.04. The van der Waals surface area contributed by atoms with Crippen LogP contribution >= 0.6 is 11.6 Å². The van der Waals surface area contributed by atoms with Crippen LogP contribution in [0.5, 0.6) is 0 Å². The van der Waals surface area contributed by atoms with Crippen LogP contribution in [0.15, 0.2) is 48.5 Å². The van der Waals surface area contributed by atoms with Crippen LogP contribution in [0.25, 0.3) is 6.08 Å². The SMILES string of the molecule is CN(C)C(=O)OC1CC2(CCN(C(=O)/C=C/c3ccccc3C(F)(F)F)CC2)c2c(Cl)cccc21. The van der Waals surface area contributed by atoms with Crippen molar-refractivity contribution < 1.29 is 27.5 Å². The van der Waals surface area contributed by atoms with Crippen LogP contribution in [0.1, 0.15) is 47.6 Å². The third kappa shape index (κ3) is 5.03. The van der Waals surface area contributed by atoms with Gasteiger partial charge in [0, 0.05) is 43.7 Å². The molecule has 1 heterocycles. The van der Waals surface area contributed by atoms with E-state index in [1.54, 1.807) is 19.0 Å². The number of ether oxygens (including phenoxy) is 1. The summed E-state index contributed by atoms with van der Waals surface area (Å²) in [7, 11) is 3.24. The molecule has 0 radical (unpaired) electrons. The molecular weight excluding hydrogens is 481 g/mol. The third-order valence-corrected chi connectivity index (χ3v) is 7.13. The number of carbonyl (C=O) groups excluding carboxylic acids is 2. The van der Waals surface area contributed by atoms with Crippen molar-refractivity contribution in [2.24, 2.45) is 0 Å². The van der Waals surface area contributed by atoms with E-state index in [2.05, 4.69) is 0 Å². The molecule has 9 heteroatoms. The molecule has 35 heavy (non-hydrogen) atoms. The van der Waals surface area contributed by atoms with Crippen molar-refractivity contribution in [2.75, 3.05) is 27.2 Å². The first-order valence-electron chi connectivity index (χ1n) is 11.3. The van der Waals surface area contributed by atoms with Crippen molar-refractivity contribution in [1.82, 2.24) is 9.80 Å². The number of fused-ring (bicyclic) bond motifs is 2. The van der Waals surface area contributed by atoms with Gasteiger partial charge in [0.05, 0.1) is 5.56 Å². The number of piperidine rings is 1. The summed E-state index contributed by atoms with van der Waals surface area (Å²) in [6.07, 6.45) is -1.16. The highest BCUT2D eigenvalue weighted by atomic mass is 35.5. The van der Waals surface area contributed by atoms with Gasteiger partial charge in [-0.25, -0.2) is 4.79 Å². The lowest BCUT2D eigenvalue weighted by Gasteiger charge is -2.40. The summed E-state index contributed by atoms with van der Waals surface area (Å²) < 4.78 is 45.4. The van der Waals surface area contributed by atoms with E-state index in [9.17, 15) is 22.8 Å². The van der Waals surface area contributed by atoms with Gasteiger partial charge in [-0.1, -0.05) is 41.9 Å². The molecular formula is C26H26ClF3N2O3. The molecule has 1 atom stereocenters. The van der Waals surface area contributed by atoms with E-state index in [4.69, 9.17) is 16.3 Å². The summed E-state index contributed by atoms with van der Waals surface area (Å²) in [4.78, 5) is 28.0. The fraction of sp³-hybridized carbons (Fsp3) is 0.385. The second kappa shape index (κ2) is 9.57. The number of hydrogen-bond acceptors (Lipinski definition) is 3. The number of hydrogen-bond donors (Lipinski definition) is 0. The molecule has 186 valence electrons. The molecule has 5 nitrogen and oxygen atoms in total.